The second kappa shape index (κ2) is 4.47. The van der Waals surface area contributed by atoms with E-state index in [1.165, 1.54) is 6.42 Å². The number of rotatable bonds is 1. The molecule has 4 heteroatoms. The topological polar surface area (TPSA) is 32.3 Å². The molecular weight excluding hydrogens is 248 g/mol. The fourth-order valence-electron chi connectivity index (χ4n) is 3.20. The Morgan fingerprint density at radius 1 is 1.22 bits per heavy atom. The molecule has 2 bridgehead atoms. The SMILES string of the molecule is CC1CC2C[C@@H](C1)N2C(=O)Nc1ccc(Cl)cc1. The molecule has 0 radical (unpaired) electrons. The Morgan fingerprint density at radius 2 is 1.83 bits per heavy atom. The number of nitrogens with one attached hydrogen (secondary N) is 1. The van der Waals surface area contributed by atoms with Crippen LogP contribution in [0.1, 0.15) is 26.2 Å². The number of halogens is 1. The van der Waals surface area contributed by atoms with Gasteiger partial charge >= 0.3 is 6.03 Å². The Kier molecular flexibility index (Phi) is 2.94. The molecule has 3 nitrogen and oxygen atoms in total. The lowest BCUT2D eigenvalue weighted by Crippen LogP contribution is -2.63. The molecule has 0 aromatic heterocycles. The standard InChI is InChI=1S/C14H17ClN2O/c1-9-6-12-8-13(7-9)17(12)14(18)16-11-4-2-10(15)3-5-11/h2-5,9,12-13H,6-8H2,1H3,(H,16,18)/t9?,12-,13?/m1/s1. The van der Waals surface area contributed by atoms with E-state index in [4.69, 9.17) is 11.6 Å². The summed E-state index contributed by atoms with van der Waals surface area (Å²) in [6, 6.07) is 8.17. The first-order valence-corrected chi connectivity index (χ1v) is 6.86. The Bertz CT molecular complexity index is 447. The van der Waals surface area contributed by atoms with Gasteiger partial charge in [0.15, 0.2) is 0 Å². The van der Waals surface area contributed by atoms with Crippen LogP contribution in [-0.4, -0.2) is 23.0 Å². The van der Waals surface area contributed by atoms with Gasteiger partial charge in [-0.1, -0.05) is 18.5 Å². The first-order chi connectivity index (χ1) is 8.63. The van der Waals surface area contributed by atoms with E-state index in [1.54, 1.807) is 12.1 Å². The van der Waals surface area contributed by atoms with Gasteiger partial charge in [0.1, 0.15) is 0 Å². The van der Waals surface area contributed by atoms with Crippen molar-refractivity contribution in [2.75, 3.05) is 5.32 Å². The molecule has 96 valence electrons. The molecule has 2 amide bonds. The molecule has 3 atom stereocenters. The zero-order chi connectivity index (χ0) is 12.7. The van der Waals surface area contributed by atoms with E-state index in [-0.39, 0.29) is 6.03 Å². The molecule has 1 aromatic carbocycles. The average molecular weight is 265 g/mol. The molecule has 3 fully saturated rings. The molecule has 2 saturated heterocycles. The van der Waals surface area contributed by atoms with Crippen molar-refractivity contribution in [3.63, 3.8) is 0 Å². The van der Waals surface area contributed by atoms with Crippen LogP contribution in [0, 0.1) is 5.92 Å². The van der Waals surface area contributed by atoms with E-state index in [1.807, 2.05) is 17.0 Å². The van der Waals surface area contributed by atoms with E-state index in [0.29, 0.717) is 17.1 Å². The van der Waals surface area contributed by atoms with Crippen LogP contribution in [0.5, 0.6) is 0 Å². The lowest BCUT2D eigenvalue weighted by molar-refractivity contribution is -0.00600. The summed E-state index contributed by atoms with van der Waals surface area (Å²) >= 11 is 5.82. The Hall–Kier alpha value is -1.22. The number of amides is 2. The summed E-state index contributed by atoms with van der Waals surface area (Å²) < 4.78 is 0. The van der Waals surface area contributed by atoms with Crippen molar-refractivity contribution in [2.24, 2.45) is 5.92 Å². The Labute approximate surface area is 112 Å². The lowest BCUT2D eigenvalue weighted by Gasteiger charge is -2.54. The zero-order valence-corrected chi connectivity index (χ0v) is 11.2. The van der Waals surface area contributed by atoms with Gasteiger partial charge in [0.05, 0.1) is 0 Å². The highest BCUT2D eigenvalue weighted by molar-refractivity contribution is 6.30. The molecule has 18 heavy (non-hydrogen) atoms. The van der Waals surface area contributed by atoms with Gasteiger partial charge in [-0.15, -0.1) is 0 Å². The quantitative estimate of drug-likeness (QED) is 0.823. The van der Waals surface area contributed by atoms with Gasteiger partial charge in [-0.3, -0.25) is 0 Å². The van der Waals surface area contributed by atoms with E-state index < -0.39 is 0 Å². The minimum absolute atomic E-state index is 0.0328. The summed E-state index contributed by atoms with van der Waals surface area (Å²) in [7, 11) is 0. The highest BCUT2D eigenvalue weighted by atomic mass is 35.5. The molecular formula is C14H17ClN2O. The van der Waals surface area contributed by atoms with E-state index in [9.17, 15) is 4.79 Å². The predicted octanol–water partition coefficient (Wildman–Crippen LogP) is 3.74. The van der Waals surface area contributed by atoms with Crippen LogP contribution in [0.15, 0.2) is 24.3 Å². The highest BCUT2D eigenvalue weighted by Crippen LogP contribution is 2.41. The normalized spacial score (nSPS) is 29.7. The van der Waals surface area contributed by atoms with Crippen LogP contribution in [0.25, 0.3) is 0 Å². The van der Waals surface area contributed by atoms with Crippen LogP contribution in [0.2, 0.25) is 5.02 Å². The summed E-state index contributed by atoms with van der Waals surface area (Å²) in [5.74, 6) is 0.758. The molecule has 1 aromatic rings. The number of nitrogens with zero attached hydrogens (tertiary/aromatic N) is 1. The number of carbonyl (C=O) groups is 1. The van der Waals surface area contributed by atoms with Crippen LogP contribution in [0.4, 0.5) is 10.5 Å². The van der Waals surface area contributed by atoms with Crippen LogP contribution in [0.3, 0.4) is 0 Å². The average Bonchev–Trinajstić information content (AvgIpc) is 2.31. The number of hydrogen-bond acceptors (Lipinski definition) is 1. The van der Waals surface area contributed by atoms with Gasteiger partial charge < -0.3 is 10.2 Å². The molecule has 2 unspecified atom stereocenters. The number of anilines is 1. The van der Waals surface area contributed by atoms with Gasteiger partial charge in [-0.25, -0.2) is 4.79 Å². The van der Waals surface area contributed by atoms with E-state index in [2.05, 4.69) is 12.2 Å². The second-order valence-corrected chi connectivity index (χ2v) is 5.90. The fourth-order valence-corrected chi connectivity index (χ4v) is 3.32. The second-order valence-electron chi connectivity index (χ2n) is 5.46. The van der Waals surface area contributed by atoms with Crippen LogP contribution < -0.4 is 5.32 Å². The summed E-state index contributed by atoms with van der Waals surface area (Å²) in [6.45, 7) is 2.27. The minimum atomic E-state index is 0.0328. The Balaban J connectivity index is 1.64. The smallest absolute Gasteiger partial charge is 0.318 e. The van der Waals surface area contributed by atoms with Crippen LogP contribution in [-0.2, 0) is 0 Å². The molecule has 2 aliphatic heterocycles. The van der Waals surface area contributed by atoms with Crippen LogP contribution >= 0.6 is 11.6 Å². The third kappa shape index (κ3) is 2.07. The molecule has 2 heterocycles. The molecule has 1 N–H and O–H groups in total. The maximum Gasteiger partial charge on any atom is 0.322 e. The van der Waals surface area contributed by atoms with Crippen molar-refractivity contribution in [3.05, 3.63) is 29.3 Å². The maximum absolute atomic E-state index is 12.2. The molecule has 3 aliphatic rings. The number of fused-ring (bicyclic) bond motifs is 2. The molecule has 1 saturated carbocycles. The molecule has 4 rings (SSSR count). The third-order valence-electron chi connectivity index (χ3n) is 4.01. The van der Waals surface area contributed by atoms with Gasteiger partial charge in [0.25, 0.3) is 0 Å². The number of hydrogen-bond donors (Lipinski definition) is 1. The lowest BCUT2D eigenvalue weighted by atomic mass is 9.74. The van der Waals surface area contributed by atoms with Crippen molar-refractivity contribution in [3.8, 4) is 0 Å². The predicted molar refractivity (Wildman–Crippen MR) is 72.9 cm³/mol. The van der Waals surface area contributed by atoms with Gasteiger partial charge in [-0.2, -0.15) is 0 Å². The Morgan fingerprint density at radius 3 is 2.44 bits per heavy atom. The maximum atomic E-state index is 12.2. The zero-order valence-electron chi connectivity index (χ0n) is 10.4. The number of benzene rings is 1. The van der Waals surface area contributed by atoms with Crippen molar-refractivity contribution in [1.82, 2.24) is 4.90 Å². The van der Waals surface area contributed by atoms with Crippen molar-refractivity contribution in [1.29, 1.82) is 0 Å². The summed E-state index contributed by atoms with van der Waals surface area (Å²) in [5, 5.41) is 3.63. The van der Waals surface area contributed by atoms with Gasteiger partial charge in [0.2, 0.25) is 0 Å². The molecule has 1 aliphatic carbocycles. The number of urea groups is 1. The first-order valence-electron chi connectivity index (χ1n) is 6.48. The number of piperidine rings is 1. The highest BCUT2D eigenvalue weighted by Gasteiger charge is 2.46. The summed E-state index contributed by atoms with van der Waals surface area (Å²) in [5.41, 5.74) is 0.808. The minimum Gasteiger partial charge on any atom is -0.318 e. The summed E-state index contributed by atoms with van der Waals surface area (Å²) in [4.78, 5) is 14.2. The van der Waals surface area contributed by atoms with Gasteiger partial charge in [-0.05, 0) is 49.4 Å². The van der Waals surface area contributed by atoms with Crippen molar-refractivity contribution < 1.29 is 4.79 Å². The van der Waals surface area contributed by atoms with Crippen molar-refractivity contribution >= 4 is 23.3 Å². The largest absolute Gasteiger partial charge is 0.322 e. The first kappa shape index (κ1) is 11.8. The van der Waals surface area contributed by atoms with Gasteiger partial charge in [0, 0.05) is 22.8 Å². The fraction of sp³-hybridized carbons (Fsp3) is 0.500. The number of carbonyl (C=O) groups excluding carboxylic acids is 1. The summed E-state index contributed by atoms with van der Waals surface area (Å²) in [6.07, 6.45) is 3.47. The van der Waals surface area contributed by atoms with E-state index >= 15 is 0 Å². The third-order valence-corrected chi connectivity index (χ3v) is 4.26. The monoisotopic (exact) mass is 264 g/mol. The van der Waals surface area contributed by atoms with Crippen molar-refractivity contribution in [2.45, 2.75) is 38.3 Å². The van der Waals surface area contributed by atoms with E-state index in [0.717, 1.165) is 24.4 Å². The molecule has 0 spiro atoms.